The summed E-state index contributed by atoms with van der Waals surface area (Å²) < 4.78 is 10.2. The van der Waals surface area contributed by atoms with Crippen LogP contribution in [0.4, 0.5) is 0 Å². The van der Waals surface area contributed by atoms with Crippen LogP contribution >= 0.6 is 47.8 Å². The first-order valence-electron chi connectivity index (χ1n) is 7.04. The molecule has 2 rings (SSSR count). The van der Waals surface area contributed by atoms with Gasteiger partial charge in [-0.3, -0.25) is 4.79 Å². The molecule has 0 saturated heterocycles. The van der Waals surface area contributed by atoms with Crippen molar-refractivity contribution in [3.05, 3.63) is 59.7 Å². The molecule has 1 amide bonds. The van der Waals surface area contributed by atoms with Crippen LogP contribution in [0.1, 0.15) is 15.9 Å². The van der Waals surface area contributed by atoms with Gasteiger partial charge in [-0.1, -0.05) is 65.5 Å². The van der Waals surface area contributed by atoms with Crippen LogP contribution in [-0.2, 0) is 0 Å². The van der Waals surface area contributed by atoms with Gasteiger partial charge in [0.05, 0.1) is 7.11 Å². The molecule has 24 heavy (non-hydrogen) atoms. The molecule has 0 aliphatic rings. The van der Waals surface area contributed by atoms with Crippen molar-refractivity contribution in [2.24, 2.45) is 0 Å². The number of hydrogen-bond donors (Lipinski definition) is 1. The van der Waals surface area contributed by atoms with E-state index >= 15 is 0 Å². The maximum atomic E-state index is 12.4. The SMILES string of the molecule is COc1ccc(O[C@H](NC(=O)c2ccc(C)cc2)C(Br)(Br)Br)cc1. The minimum atomic E-state index is -0.826. The molecule has 0 heterocycles. The highest BCUT2D eigenvalue weighted by Gasteiger charge is 2.34. The van der Waals surface area contributed by atoms with Crippen LogP contribution in [-0.4, -0.2) is 21.4 Å². The third-order valence-corrected chi connectivity index (χ3v) is 4.43. The fourth-order valence-corrected chi connectivity index (χ4v) is 2.50. The van der Waals surface area contributed by atoms with E-state index in [0.29, 0.717) is 11.3 Å². The summed E-state index contributed by atoms with van der Waals surface area (Å²) in [6, 6.07) is 14.4. The number of amides is 1. The van der Waals surface area contributed by atoms with Crippen LogP contribution in [0.25, 0.3) is 0 Å². The van der Waals surface area contributed by atoms with Crippen LogP contribution < -0.4 is 14.8 Å². The number of benzene rings is 2. The Hall–Kier alpha value is -1.05. The number of rotatable bonds is 5. The summed E-state index contributed by atoms with van der Waals surface area (Å²) in [5.41, 5.74) is 1.65. The minimum Gasteiger partial charge on any atom is -0.497 e. The van der Waals surface area contributed by atoms with E-state index < -0.39 is 8.37 Å². The van der Waals surface area contributed by atoms with Crippen LogP contribution in [0.2, 0.25) is 0 Å². The largest absolute Gasteiger partial charge is 0.497 e. The second kappa shape index (κ2) is 8.36. The molecule has 0 fully saturated rings. The van der Waals surface area contributed by atoms with Crippen LogP contribution in [0, 0.1) is 6.92 Å². The monoisotopic (exact) mass is 519 g/mol. The van der Waals surface area contributed by atoms with Crippen molar-refractivity contribution in [3.8, 4) is 11.5 Å². The Labute approximate surface area is 166 Å². The summed E-state index contributed by atoms with van der Waals surface area (Å²) in [5, 5.41) is 2.84. The van der Waals surface area contributed by atoms with Gasteiger partial charge in [0.25, 0.3) is 5.91 Å². The molecule has 2 aromatic rings. The lowest BCUT2D eigenvalue weighted by Crippen LogP contribution is -2.47. The zero-order valence-electron chi connectivity index (χ0n) is 13.1. The molecular formula is C17H16Br3NO3. The lowest BCUT2D eigenvalue weighted by Gasteiger charge is -2.27. The smallest absolute Gasteiger partial charge is 0.254 e. The lowest BCUT2D eigenvalue weighted by atomic mass is 10.1. The molecule has 0 aromatic heterocycles. The predicted molar refractivity (Wildman–Crippen MR) is 106 cm³/mol. The van der Waals surface area contributed by atoms with Gasteiger partial charge >= 0.3 is 0 Å². The van der Waals surface area contributed by atoms with Crippen molar-refractivity contribution < 1.29 is 14.3 Å². The summed E-state index contributed by atoms with van der Waals surface area (Å²) in [6.07, 6.45) is -0.709. The first-order chi connectivity index (χ1) is 11.3. The molecule has 1 atom stereocenters. The average molecular weight is 522 g/mol. The van der Waals surface area contributed by atoms with Gasteiger partial charge in [-0.05, 0) is 43.3 Å². The third kappa shape index (κ3) is 5.50. The molecule has 0 aliphatic heterocycles. The van der Waals surface area contributed by atoms with Crippen molar-refractivity contribution >= 4 is 53.7 Å². The maximum absolute atomic E-state index is 12.4. The van der Waals surface area contributed by atoms with Gasteiger partial charge in [0.15, 0.2) is 2.14 Å². The van der Waals surface area contributed by atoms with Gasteiger partial charge < -0.3 is 14.8 Å². The van der Waals surface area contributed by atoms with Crippen LogP contribution in [0.15, 0.2) is 48.5 Å². The van der Waals surface area contributed by atoms with Crippen molar-refractivity contribution in [2.45, 2.75) is 15.3 Å². The fraction of sp³-hybridized carbons (Fsp3) is 0.235. The molecule has 2 aromatic carbocycles. The number of carbonyl (C=O) groups is 1. The van der Waals surface area contributed by atoms with Gasteiger partial charge in [-0.25, -0.2) is 0 Å². The molecule has 0 saturated carbocycles. The maximum Gasteiger partial charge on any atom is 0.254 e. The lowest BCUT2D eigenvalue weighted by molar-refractivity contribution is 0.0845. The Morgan fingerprint density at radius 2 is 1.54 bits per heavy atom. The van der Waals surface area contributed by atoms with E-state index in [1.54, 1.807) is 43.5 Å². The normalized spacial score (nSPS) is 12.4. The molecule has 7 heteroatoms. The molecule has 0 unspecified atom stereocenters. The molecule has 128 valence electrons. The number of alkyl halides is 3. The highest BCUT2D eigenvalue weighted by molar-refractivity contribution is 9.39. The number of nitrogens with one attached hydrogen (secondary N) is 1. The molecule has 0 bridgehead atoms. The molecular weight excluding hydrogens is 506 g/mol. The Morgan fingerprint density at radius 1 is 1.00 bits per heavy atom. The third-order valence-electron chi connectivity index (χ3n) is 3.19. The van der Waals surface area contributed by atoms with Gasteiger partial charge in [0, 0.05) is 5.56 Å². The van der Waals surface area contributed by atoms with Crippen LogP contribution in [0.5, 0.6) is 11.5 Å². The van der Waals surface area contributed by atoms with Crippen molar-refractivity contribution in [1.29, 1.82) is 0 Å². The average Bonchev–Trinajstić information content (AvgIpc) is 2.54. The first kappa shape index (κ1) is 19.3. The van der Waals surface area contributed by atoms with E-state index in [4.69, 9.17) is 9.47 Å². The van der Waals surface area contributed by atoms with Gasteiger partial charge in [0.2, 0.25) is 6.23 Å². The summed E-state index contributed by atoms with van der Waals surface area (Å²) in [5.74, 6) is 1.08. The van der Waals surface area contributed by atoms with E-state index in [2.05, 4.69) is 53.1 Å². The Morgan fingerprint density at radius 3 is 2.04 bits per heavy atom. The summed E-state index contributed by atoms with van der Waals surface area (Å²) in [7, 11) is 1.60. The quantitative estimate of drug-likeness (QED) is 0.446. The fourth-order valence-electron chi connectivity index (χ4n) is 1.88. The number of ether oxygens (including phenoxy) is 2. The highest BCUT2D eigenvalue weighted by atomic mass is 80.0. The van der Waals surface area contributed by atoms with Gasteiger partial charge in [-0.2, -0.15) is 0 Å². The Balaban J connectivity index is 2.13. The highest BCUT2D eigenvalue weighted by Crippen LogP contribution is 2.38. The number of aryl methyl sites for hydroxylation is 1. The van der Waals surface area contributed by atoms with Gasteiger partial charge in [0.1, 0.15) is 11.5 Å². The van der Waals surface area contributed by atoms with Crippen molar-refractivity contribution in [3.63, 3.8) is 0 Å². The van der Waals surface area contributed by atoms with Crippen LogP contribution in [0.3, 0.4) is 0 Å². The standard InChI is InChI=1S/C17H16Br3NO3/c1-11-3-5-12(6-4-11)15(22)21-16(17(18,19)20)24-14-9-7-13(23-2)8-10-14/h3-10,16H,1-2H3,(H,21,22)/t16-/m0/s1. The molecule has 0 radical (unpaired) electrons. The Kier molecular flexibility index (Phi) is 6.71. The van der Waals surface area contributed by atoms with Crippen molar-refractivity contribution in [2.75, 3.05) is 7.11 Å². The molecule has 1 N–H and O–H groups in total. The topological polar surface area (TPSA) is 47.6 Å². The Bertz CT molecular complexity index is 682. The molecule has 0 aliphatic carbocycles. The van der Waals surface area contributed by atoms with Crippen molar-refractivity contribution in [1.82, 2.24) is 5.32 Å². The zero-order chi connectivity index (χ0) is 17.7. The van der Waals surface area contributed by atoms with E-state index in [1.165, 1.54) is 0 Å². The van der Waals surface area contributed by atoms with E-state index in [0.717, 1.165) is 11.3 Å². The summed E-state index contributed by atoms with van der Waals surface area (Å²) in [6.45, 7) is 1.97. The number of hydrogen-bond acceptors (Lipinski definition) is 3. The predicted octanol–water partition coefficient (Wildman–Crippen LogP) is 4.98. The van der Waals surface area contributed by atoms with Gasteiger partial charge in [-0.15, -0.1) is 0 Å². The number of halogens is 3. The first-order valence-corrected chi connectivity index (χ1v) is 9.42. The van der Waals surface area contributed by atoms with E-state index in [-0.39, 0.29) is 5.91 Å². The molecule has 4 nitrogen and oxygen atoms in total. The summed E-state index contributed by atoms with van der Waals surface area (Å²) >= 11 is 10.2. The minimum absolute atomic E-state index is 0.240. The molecule has 0 spiro atoms. The zero-order valence-corrected chi connectivity index (χ0v) is 17.8. The van der Waals surface area contributed by atoms with E-state index in [9.17, 15) is 4.79 Å². The number of methoxy groups -OCH3 is 1. The second-order valence-electron chi connectivity index (χ2n) is 5.05. The second-order valence-corrected chi connectivity index (χ2v) is 12.0. The summed E-state index contributed by atoms with van der Waals surface area (Å²) in [4.78, 5) is 12.4. The number of carbonyl (C=O) groups excluding carboxylic acids is 1. The van der Waals surface area contributed by atoms with E-state index in [1.807, 2.05) is 19.1 Å².